The molecule has 2 aliphatic heterocycles. The van der Waals surface area contributed by atoms with E-state index in [2.05, 4.69) is 20.8 Å². The molecule has 2 saturated heterocycles. The number of halogens is 1. The largest absolute Gasteiger partial charge is 0.341 e. The van der Waals surface area contributed by atoms with Crippen molar-refractivity contribution in [2.45, 2.75) is 30.5 Å². The number of carbonyl (C=O) groups is 1. The topological polar surface area (TPSA) is 20.3 Å². The number of likely N-dealkylation sites (tertiary alicyclic amines) is 1. The molecule has 1 atom stereocenters. The van der Waals surface area contributed by atoms with Gasteiger partial charge in [-0.25, -0.2) is 0 Å². The van der Waals surface area contributed by atoms with Gasteiger partial charge in [-0.1, -0.05) is 15.9 Å². The molecule has 2 fully saturated rings. The van der Waals surface area contributed by atoms with Crippen molar-refractivity contribution in [3.63, 3.8) is 0 Å². The Morgan fingerprint density at radius 2 is 2.07 bits per heavy atom. The Balaban J connectivity index is 1.84. The molecule has 2 aliphatic rings. The molecule has 0 bridgehead atoms. The normalized spacial score (nSPS) is 29.5. The van der Waals surface area contributed by atoms with Crippen molar-refractivity contribution < 1.29 is 4.79 Å². The van der Waals surface area contributed by atoms with Crippen molar-refractivity contribution in [3.05, 3.63) is 0 Å². The Hall–Kier alpha value is 0.300. The first kappa shape index (κ1) is 11.8. The average molecular weight is 292 g/mol. The van der Waals surface area contributed by atoms with E-state index in [4.69, 9.17) is 0 Å². The maximum atomic E-state index is 11.9. The third-order valence-electron chi connectivity index (χ3n) is 3.28. The van der Waals surface area contributed by atoms with Gasteiger partial charge in [0.1, 0.15) is 0 Å². The van der Waals surface area contributed by atoms with Crippen LogP contribution in [0.25, 0.3) is 0 Å². The van der Waals surface area contributed by atoms with Crippen molar-refractivity contribution in [1.29, 1.82) is 0 Å². The predicted molar refractivity (Wildman–Crippen MR) is 68.6 cm³/mol. The molecule has 2 rings (SSSR count). The van der Waals surface area contributed by atoms with Gasteiger partial charge in [-0.3, -0.25) is 4.79 Å². The quantitative estimate of drug-likeness (QED) is 0.729. The second kappa shape index (κ2) is 5.58. The van der Waals surface area contributed by atoms with Crippen LogP contribution in [0.2, 0.25) is 0 Å². The monoisotopic (exact) mass is 291 g/mol. The summed E-state index contributed by atoms with van der Waals surface area (Å²) in [4.78, 5) is 14.0. The number of hydrogen-bond acceptors (Lipinski definition) is 2. The number of rotatable bonds is 2. The second-order valence-corrected chi connectivity index (χ2v) is 6.78. The van der Waals surface area contributed by atoms with E-state index in [9.17, 15) is 4.79 Å². The van der Waals surface area contributed by atoms with Gasteiger partial charge in [-0.05, 0) is 43.1 Å². The fourth-order valence-electron chi connectivity index (χ4n) is 2.32. The van der Waals surface area contributed by atoms with Gasteiger partial charge in [-0.15, -0.1) is 0 Å². The summed E-state index contributed by atoms with van der Waals surface area (Å²) >= 11 is 5.51. The standard InChI is InChI=1S/C11H18BrNOS/c12-10-2-1-5-13(11(10)14)8-9-3-6-15-7-4-9/h9-10H,1-8H2. The van der Waals surface area contributed by atoms with E-state index in [1.807, 2.05) is 11.8 Å². The molecule has 86 valence electrons. The molecule has 0 saturated carbocycles. The molecule has 15 heavy (non-hydrogen) atoms. The Labute approximate surface area is 104 Å². The van der Waals surface area contributed by atoms with E-state index in [0.29, 0.717) is 5.91 Å². The van der Waals surface area contributed by atoms with Crippen LogP contribution in [0.4, 0.5) is 0 Å². The minimum atomic E-state index is 0.0872. The summed E-state index contributed by atoms with van der Waals surface area (Å²) in [6.07, 6.45) is 4.75. The Kier molecular flexibility index (Phi) is 4.38. The molecule has 2 nitrogen and oxygen atoms in total. The van der Waals surface area contributed by atoms with E-state index < -0.39 is 0 Å². The van der Waals surface area contributed by atoms with Gasteiger partial charge >= 0.3 is 0 Å². The SMILES string of the molecule is O=C1C(Br)CCCN1CC1CCSCC1. The van der Waals surface area contributed by atoms with E-state index in [0.717, 1.165) is 31.8 Å². The molecule has 0 aromatic heterocycles. The average Bonchev–Trinajstić information content (AvgIpc) is 2.26. The van der Waals surface area contributed by atoms with E-state index >= 15 is 0 Å². The summed E-state index contributed by atoms with van der Waals surface area (Å²) < 4.78 is 0. The fourth-order valence-corrected chi connectivity index (χ4v) is 4.13. The smallest absolute Gasteiger partial charge is 0.236 e. The molecule has 0 aromatic carbocycles. The lowest BCUT2D eigenvalue weighted by Crippen LogP contribution is -2.44. The number of alkyl halides is 1. The van der Waals surface area contributed by atoms with Crippen LogP contribution in [-0.2, 0) is 4.79 Å². The van der Waals surface area contributed by atoms with Crippen molar-refractivity contribution in [2.24, 2.45) is 5.92 Å². The van der Waals surface area contributed by atoms with Crippen LogP contribution in [0.5, 0.6) is 0 Å². The molecule has 0 spiro atoms. The number of thioether (sulfide) groups is 1. The molecule has 0 aromatic rings. The zero-order valence-electron chi connectivity index (χ0n) is 8.95. The number of carbonyl (C=O) groups excluding carboxylic acids is 1. The fraction of sp³-hybridized carbons (Fsp3) is 0.909. The Morgan fingerprint density at radius 1 is 1.33 bits per heavy atom. The van der Waals surface area contributed by atoms with Crippen molar-refractivity contribution in [3.8, 4) is 0 Å². The van der Waals surface area contributed by atoms with Crippen LogP contribution >= 0.6 is 27.7 Å². The van der Waals surface area contributed by atoms with Crippen molar-refractivity contribution in [1.82, 2.24) is 4.90 Å². The summed E-state index contributed by atoms with van der Waals surface area (Å²) in [5.74, 6) is 3.64. The molecule has 1 unspecified atom stereocenters. The van der Waals surface area contributed by atoms with Crippen LogP contribution in [0.15, 0.2) is 0 Å². The molecule has 0 radical (unpaired) electrons. The summed E-state index contributed by atoms with van der Waals surface area (Å²) in [6, 6.07) is 0. The second-order valence-electron chi connectivity index (χ2n) is 4.45. The number of hydrogen-bond donors (Lipinski definition) is 0. The highest BCUT2D eigenvalue weighted by Crippen LogP contribution is 2.26. The third-order valence-corrected chi connectivity index (χ3v) is 5.18. The lowest BCUT2D eigenvalue weighted by atomic mass is 10.0. The van der Waals surface area contributed by atoms with E-state index in [-0.39, 0.29) is 4.83 Å². The van der Waals surface area contributed by atoms with Gasteiger partial charge < -0.3 is 4.90 Å². The molecule has 0 N–H and O–H groups in total. The third kappa shape index (κ3) is 3.13. The van der Waals surface area contributed by atoms with E-state index in [1.165, 1.54) is 24.3 Å². The number of amides is 1. The highest BCUT2D eigenvalue weighted by atomic mass is 79.9. The van der Waals surface area contributed by atoms with E-state index in [1.54, 1.807) is 0 Å². The lowest BCUT2D eigenvalue weighted by molar-refractivity contribution is -0.133. The summed E-state index contributed by atoms with van der Waals surface area (Å²) in [6.45, 7) is 1.98. The van der Waals surface area contributed by atoms with Gasteiger partial charge in [0, 0.05) is 13.1 Å². The molecule has 0 aliphatic carbocycles. The first-order chi connectivity index (χ1) is 7.27. The van der Waals surface area contributed by atoms with Gasteiger partial charge in [0.25, 0.3) is 0 Å². The van der Waals surface area contributed by atoms with Crippen molar-refractivity contribution >= 4 is 33.6 Å². The molecular weight excluding hydrogens is 274 g/mol. The number of nitrogens with zero attached hydrogens (tertiary/aromatic N) is 1. The van der Waals surface area contributed by atoms with Crippen LogP contribution in [0, 0.1) is 5.92 Å². The minimum absolute atomic E-state index is 0.0872. The van der Waals surface area contributed by atoms with Crippen LogP contribution in [0.1, 0.15) is 25.7 Å². The van der Waals surface area contributed by atoms with Gasteiger partial charge in [0.15, 0.2) is 0 Å². The van der Waals surface area contributed by atoms with Crippen LogP contribution in [0.3, 0.4) is 0 Å². The molecular formula is C11H18BrNOS. The van der Waals surface area contributed by atoms with Gasteiger partial charge in [0.2, 0.25) is 5.91 Å². The maximum absolute atomic E-state index is 11.9. The summed E-state index contributed by atoms with van der Waals surface area (Å²) in [7, 11) is 0. The Bertz CT molecular complexity index is 231. The number of piperidine rings is 1. The summed E-state index contributed by atoms with van der Waals surface area (Å²) in [5, 5.41) is 0. The lowest BCUT2D eigenvalue weighted by Gasteiger charge is -2.34. The van der Waals surface area contributed by atoms with Crippen LogP contribution in [-0.4, -0.2) is 40.2 Å². The first-order valence-electron chi connectivity index (χ1n) is 5.78. The van der Waals surface area contributed by atoms with Gasteiger partial charge in [0.05, 0.1) is 4.83 Å². The highest BCUT2D eigenvalue weighted by Gasteiger charge is 2.28. The zero-order chi connectivity index (χ0) is 10.7. The summed E-state index contributed by atoms with van der Waals surface area (Å²) in [5.41, 5.74) is 0. The molecule has 4 heteroatoms. The minimum Gasteiger partial charge on any atom is -0.341 e. The molecule has 2 heterocycles. The highest BCUT2D eigenvalue weighted by molar-refractivity contribution is 9.10. The van der Waals surface area contributed by atoms with Crippen molar-refractivity contribution in [2.75, 3.05) is 24.6 Å². The molecule has 1 amide bonds. The first-order valence-corrected chi connectivity index (χ1v) is 7.85. The Morgan fingerprint density at radius 3 is 2.80 bits per heavy atom. The zero-order valence-corrected chi connectivity index (χ0v) is 11.4. The maximum Gasteiger partial charge on any atom is 0.236 e. The predicted octanol–water partition coefficient (Wildman–Crippen LogP) is 2.52. The van der Waals surface area contributed by atoms with Crippen LogP contribution < -0.4 is 0 Å². The van der Waals surface area contributed by atoms with Gasteiger partial charge in [-0.2, -0.15) is 11.8 Å².